The largest absolute Gasteiger partial charge is 0.493 e. The molecule has 3 N–H and O–H groups in total. The SMILES string of the molecule is Cc1ccc(C)c(OCCCC(C)(C)C(=O)NC(=S)Nc2ccc(NC(=O)C(C)C)cc2)c1. The Morgan fingerprint density at radius 1 is 1.00 bits per heavy atom. The van der Waals surface area contributed by atoms with Gasteiger partial charge in [0.15, 0.2) is 5.11 Å². The van der Waals surface area contributed by atoms with Gasteiger partial charge < -0.3 is 20.7 Å². The Kier molecular flexibility index (Phi) is 9.41. The van der Waals surface area contributed by atoms with Crippen LogP contribution in [0.3, 0.4) is 0 Å². The van der Waals surface area contributed by atoms with E-state index in [1.807, 2.05) is 53.7 Å². The highest BCUT2D eigenvalue weighted by molar-refractivity contribution is 7.80. The molecule has 7 heteroatoms. The standard InChI is InChI=1S/C26H35N3O3S/c1-17(2)23(30)27-20-10-12-21(13-11-20)28-25(33)29-24(31)26(5,6)14-7-15-32-22-16-18(3)8-9-19(22)4/h8-13,16-17H,7,14-15H2,1-6H3,(H,27,30)(H2,28,29,31,33). The minimum absolute atomic E-state index is 0.0415. The minimum Gasteiger partial charge on any atom is -0.493 e. The number of ether oxygens (including phenoxy) is 1. The third kappa shape index (κ3) is 8.50. The lowest BCUT2D eigenvalue weighted by Crippen LogP contribution is -2.42. The molecule has 0 bridgehead atoms. The highest BCUT2D eigenvalue weighted by Crippen LogP contribution is 2.24. The van der Waals surface area contributed by atoms with Gasteiger partial charge in [-0.15, -0.1) is 0 Å². The first-order valence-electron chi connectivity index (χ1n) is 11.2. The lowest BCUT2D eigenvalue weighted by atomic mass is 9.87. The Morgan fingerprint density at radius 3 is 2.21 bits per heavy atom. The molecule has 0 heterocycles. The topological polar surface area (TPSA) is 79.5 Å². The van der Waals surface area contributed by atoms with Gasteiger partial charge in [-0.05, 0) is 80.4 Å². The highest BCUT2D eigenvalue weighted by Gasteiger charge is 2.27. The molecule has 0 saturated heterocycles. The summed E-state index contributed by atoms with van der Waals surface area (Å²) in [5.74, 6) is 0.609. The van der Waals surface area contributed by atoms with Gasteiger partial charge in [-0.1, -0.05) is 39.8 Å². The number of amides is 2. The van der Waals surface area contributed by atoms with Crippen molar-refractivity contribution in [2.75, 3.05) is 17.2 Å². The molecular formula is C26H35N3O3S. The molecule has 178 valence electrons. The van der Waals surface area contributed by atoms with Gasteiger partial charge in [0.05, 0.1) is 6.61 Å². The van der Waals surface area contributed by atoms with Crippen molar-refractivity contribution in [3.8, 4) is 5.75 Å². The van der Waals surface area contributed by atoms with Crippen LogP contribution in [0.25, 0.3) is 0 Å². The number of aryl methyl sites for hydroxylation is 2. The molecule has 0 aliphatic rings. The van der Waals surface area contributed by atoms with Crippen LogP contribution in [-0.2, 0) is 9.59 Å². The summed E-state index contributed by atoms with van der Waals surface area (Å²) >= 11 is 5.31. The molecular weight excluding hydrogens is 434 g/mol. The molecule has 0 aliphatic carbocycles. The van der Waals surface area contributed by atoms with Gasteiger partial charge in [0.1, 0.15) is 5.75 Å². The van der Waals surface area contributed by atoms with E-state index in [0.29, 0.717) is 18.7 Å². The fourth-order valence-electron chi connectivity index (χ4n) is 3.03. The maximum atomic E-state index is 12.7. The summed E-state index contributed by atoms with van der Waals surface area (Å²) in [7, 11) is 0. The molecule has 0 unspecified atom stereocenters. The second-order valence-corrected chi connectivity index (χ2v) is 9.64. The maximum absolute atomic E-state index is 12.7. The number of rotatable bonds is 9. The Labute approximate surface area is 202 Å². The van der Waals surface area contributed by atoms with E-state index in [0.717, 1.165) is 29.0 Å². The van der Waals surface area contributed by atoms with Crippen molar-refractivity contribution in [1.29, 1.82) is 0 Å². The van der Waals surface area contributed by atoms with E-state index in [2.05, 4.69) is 22.0 Å². The van der Waals surface area contributed by atoms with E-state index in [-0.39, 0.29) is 22.8 Å². The van der Waals surface area contributed by atoms with Crippen molar-refractivity contribution in [3.05, 3.63) is 53.6 Å². The Balaban J connectivity index is 1.79. The summed E-state index contributed by atoms with van der Waals surface area (Å²) in [5, 5.41) is 8.86. The molecule has 0 saturated carbocycles. The van der Waals surface area contributed by atoms with Gasteiger partial charge in [-0.25, -0.2) is 0 Å². The second-order valence-electron chi connectivity index (χ2n) is 9.23. The van der Waals surface area contributed by atoms with Crippen molar-refractivity contribution >= 4 is 40.5 Å². The van der Waals surface area contributed by atoms with Crippen LogP contribution in [0.1, 0.15) is 51.7 Å². The van der Waals surface area contributed by atoms with Crippen LogP contribution in [0, 0.1) is 25.2 Å². The second kappa shape index (κ2) is 11.8. The van der Waals surface area contributed by atoms with Crippen LogP contribution in [0.2, 0.25) is 0 Å². The van der Waals surface area contributed by atoms with Gasteiger partial charge in [0, 0.05) is 22.7 Å². The predicted molar refractivity (Wildman–Crippen MR) is 139 cm³/mol. The first-order valence-corrected chi connectivity index (χ1v) is 11.6. The molecule has 2 amide bonds. The fourth-order valence-corrected chi connectivity index (χ4v) is 3.24. The van der Waals surface area contributed by atoms with E-state index < -0.39 is 5.41 Å². The van der Waals surface area contributed by atoms with Crippen molar-refractivity contribution in [3.63, 3.8) is 0 Å². The molecule has 2 rings (SSSR count). The Hall–Kier alpha value is -2.93. The lowest BCUT2D eigenvalue weighted by Gasteiger charge is -2.24. The van der Waals surface area contributed by atoms with Gasteiger partial charge in [0.2, 0.25) is 11.8 Å². The molecule has 2 aromatic carbocycles. The number of carbonyl (C=O) groups excluding carboxylic acids is 2. The van der Waals surface area contributed by atoms with Crippen molar-refractivity contribution in [2.45, 2.75) is 54.4 Å². The smallest absolute Gasteiger partial charge is 0.231 e. The lowest BCUT2D eigenvalue weighted by molar-refractivity contribution is -0.128. The number of anilines is 2. The maximum Gasteiger partial charge on any atom is 0.231 e. The van der Waals surface area contributed by atoms with Crippen molar-refractivity contribution in [2.24, 2.45) is 11.3 Å². The summed E-state index contributed by atoms with van der Waals surface area (Å²) in [6.45, 7) is 12.1. The number of hydrogen-bond donors (Lipinski definition) is 3. The highest BCUT2D eigenvalue weighted by atomic mass is 32.1. The summed E-state index contributed by atoms with van der Waals surface area (Å²) < 4.78 is 5.90. The third-order valence-corrected chi connectivity index (χ3v) is 5.53. The van der Waals surface area contributed by atoms with Gasteiger partial charge in [-0.3, -0.25) is 9.59 Å². The first kappa shape index (κ1) is 26.3. The van der Waals surface area contributed by atoms with E-state index >= 15 is 0 Å². The van der Waals surface area contributed by atoms with Crippen LogP contribution in [0.5, 0.6) is 5.75 Å². The van der Waals surface area contributed by atoms with E-state index in [1.165, 1.54) is 0 Å². The molecule has 33 heavy (non-hydrogen) atoms. The third-order valence-electron chi connectivity index (χ3n) is 5.32. The van der Waals surface area contributed by atoms with Crippen LogP contribution < -0.4 is 20.7 Å². The fraction of sp³-hybridized carbons (Fsp3) is 0.423. The molecule has 0 fully saturated rings. The first-order chi connectivity index (χ1) is 15.5. The van der Waals surface area contributed by atoms with Crippen LogP contribution in [-0.4, -0.2) is 23.5 Å². The van der Waals surface area contributed by atoms with Crippen molar-refractivity contribution < 1.29 is 14.3 Å². The molecule has 0 spiro atoms. The zero-order valence-corrected chi connectivity index (χ0v) is 21.2. The number of carbonyl (C=O) groups is 2. The average molecular weight is 470 g/mol. The van der Waals surface area contributed by atoms with Crippen LogP contribution in [0.4, 0.5) is 11.4 Å². The predicted octanol–water partition coefficient (Wildman–Crippen LogP) is 5.60. The van der Waals surface area contributed by atoms with Gasteiger partial charge in [0.25, 0.3) is 0 Å². The number of nitrogens with one attached hydrogen (secondary N) is 3. The van der Waals surface area contributed by atoms with Gasteiger partial charge >= 0.3 is 0 Å². The van der Waals surface area contributed by atoms with Gasteiger partial charge in [-0.2, -0.15) is 0 Å². The minimum atomic E-state index is -0.596. The van der Waals surface area contributed by atoms with Crippen LogP contribution in [0.15, 0.2) is 42.5 Å². The molecule has 6 nitrogen and oxygen atoms in total. The quantitative estimate of drug-likeness (QED) is 0.329. The number of thiocarbonyl (C=S) groups is 1. The zero-order valence-electron chi connectivity index (χ0n) is 20.4. The molecule has 2 aromatic rings. The average Bonchev–Trinajstić information content (AvgIpc) is 2.74. The van der Waals surface area contributed by atoms with E-state index in [4.69, 9.17) is 17.0 Å². The summed E-state index contributed by atoms with van der Waals surface area (Å²) in [6, 6.07) is 13.3. The van der Waals surface area contributed by atoms with E-state index in [9.17, 15) is 9.59 Å². The van der Waals surface area contributed by atoms with E-state index in [1.54, 1.807) is 24.3 Å². The normalized spacial score (nSPS) is 11.1. The molecule has 0 aliphatic heterocycles. The van der Waals surface area contributed by atoms with Crippen molar-refractivity contribution in [1.82, 2.24) is 5.32 Å². The Morgan fingerprint density at radius 2 is 1.61 bits per heavy atom. The monoisotopic (exact) mass is 469 g/mol. The molecule has 0 atom stereocenters. The Bertz CT molecular complexity index is 985. The summed E-state index contributed by atoms with van der Waals surface area (Å²) in [4.78, 5) is 24.5. The molecule has 0 radical (unpaired) electrons. The molecule has 0 aromatic heterocycles. The summed E-state index contributed by atoms with van der Waals surface area (Å²) in [5.41, 5.74) is 3.10. The number of hydrogen-bond acceptors (Lipinski definition) is 4. The number of benzene rings is 2. The zero-order chi connectivity index (χ0) is 24.6. The summed E-state index contributed by atoms with van der Waals surface area (Å²) in [6.07, 6.45) is 1.41. The van der Waals surface area contributed by atoms with Crippen LogP contribution >= 0.6 is 12.2 Å².